The Balaban J connectivity index is 1.75. The van der Waals surface area contributed by atoms with Crippen LogP contribution in [-0.4, -0.2) is 9.97 Å². The third-order valence-electron chi connectivity index (χ3n) is 3.73. The number of fused-ring (bicyclic) bond motifs is 1. The van der Waals surface area contributed by atoms with E-state index in [4.69, 9.17) is 10.7 Å². The topological polar surface area (TPSA) is 51.8 Å². The molecule has 4 aromatic rings. The molecule has 0 radical (unpaired) electrons. The van der Waals surface area contributed by atoms with Crippen LogP contribution in [0.1, 0.15) is 10.4 Å². The number of benzene rings is 2. The molecule has 0 saturated heterocycles. The number of thiophene rings is 1. The molecule has 0 atom stereocenters. The molecule has 112 valence electrons. The number of hydrogen-bond donors (Lipinski definition) is 1. The summed E-state index contributed by atoms with van der Waals surface area (Å²) in [4.78, 5) is 11.4. The van der Waals surface area contributed by atoms with Crippen molar-refractivity contribution < 1.29 is 0 Å². The minimum absolute atomic E-state index is 0.546. The van der Waals surface area contributed by atoms with Crippen molar-refractivity contribution in [2.75, 3.05) is 5.73 Å². The molecule has 0 unspecified atom stereocenters. The number of nitrogens with two attached hydrogens (primary N) is 1. The Morgan fingerprint density at radius 2 is 1.57 bits per heavy atom. The first-order valence-corrected chi connectivity index (χ1v) is 8.26. The van der Waals surface area contributed by atoms with Crippen LogP contribution in [0.3, 0.4) is 0 Å². The molecule has 2 aromatic carbocycles. The summed E-state index contributed by atoms with van der Waals surface area (Å²) in [6.45, 7) is 0. The van der Waals surface area contributed by atoms with Gasteiger partial charge in [0.2, 0.25) is 0 Å². The second-order valence-corrected chi connectivity index (χ2v) is 6.51. The molecular formula is C19H15N3S. The lowest BCUT2D eigenvalue weighted by molar-refractivity contribution is 1.24. The molecule has 0 fully saturated rings. The van der Waals surface area contributed by atoms with E-state index < -0.39 is 0 Å². The highest BCUT2D eigenvalue weighted by atomic mass is 32.1. The summed E-state index contributed by atoms with van der Waals surface area (Å²) in [5, 5.41) is 0.945. The monoisotopic (exact) mass is 317 g/mol. The summed E-state index contributed by atoms with van der Waals surface area (Å²) in [5.41, 5.74) is 8.43. The minimum atomic E-state index is 0.546. The van der Waals surface area contributed by atoms with E-state index in [1.165, 1.54) is 10.4 Å². The lowest BCUT2D eigenvalue weighted by Crippen LogP contribution is -1.95. The van der Waals surface area contributed by atoms with Gasteiger partial charge >= 0.3 is 0 Å². The van der Waals surface area contributed by atoms with Gasteiger partial charge in [-0.05, 0) is 11.6 Å². The van der Waals surface area contributed by atoms with Gasteiger partial charge in [-0.1, -0.05) is 60.7 Å². The molecule has 23 heavy (non-hydrogen) atoms. The smallest absolute Gasteiger partial charge is 0.163 e. The van der Waals surface area contributed by atoms with Gasteiger partial charge in [-0.3, -0.25) is 0 Å². The fraction of sp³-hybridized carbons (Fsp3) is 0.0526. The summed E-state index contributed by atoms with van der Waals surface area (Å²) in [6, 6.07) is 22.5. The number of aromatic nitrogens is 2. The number of hydrogen-bond acceptors (Lipinski definition) is 4. The maximum Gasteiger partial charge on any atom is 0.163 e. The van der Waals surface area contributed by atoms with Crippen molar-refractivity contribution >= 4 is 27.4 Å². The molecule has 2 aromatic heterocycles. The summed E-state index contributed by atoms with van der Waals surface area (Å²) in [7, 11) is 0. The van der Waals surface area contributed by atoms with E-state index >= 15 is 0 Å². The lowest BCUT2D eigenvalue weighted by Gasteiger charge is -2.01. The summed E-state index contributed by atoms with van der Waals surface area (Å²) in [6.07, 6.45) is 0.891. The van der Waals surface area contributed by atoms with Crippen LogP contribution >= 0.6 is 11.3 Å². The molecule has 0 aliphatic heterocycles. The summed E-state index contributed by atoms with van der Waals surface area (Å²) in [5.74, 6) is 1.23. The Kier molecular flexibility index (Phi) is 3.52. The molecule has 4 rings (SSSR count). The second kappa shape index (κ2) is 5.82. The quantitative estimate of drug-likeness (QED) is 0.604. The maximum absolute atomic E-state index is 6.16. The highest BCUT2D eigenvalue weighted by Crippen LogP contribution is 2.31. The van der Waals surface area contributed by atoms with Gasteiger partial charge in [0.1, 0.15) is 10.6 Å². The molecule has 2 heterocycles. The van der Waals surface area contributed by atoms with Crippen molar-refractivity contribution in [2.45, 2.75) is 6.42 Å². The number of rotatable bonds is 3. The van der Waals surface area contributed by atoms with Crippen molar-refractivity contribution in [2.24, 2.45) is 0 Å². The van der Waals surface area contributed by atoms with E-state index in [1.807, 2.05) is 36.4 Å². The molecule has 0 saturated carbocycles. The fourth-order valence-corrected chi connectivity index (χ4v) is 3.66. The number of nitrogen functional groups attached to an aromatic ring is 1. The molecule has 3 nitrogen and oxygen atoms in total. The Labute approximate surface area is 138 Å². The fourth-order valence-electron chi connectivity index (χ4n) is 2.59. The van der Waals surface area contributed by atoms with Gasteiger partial charge in [0.05, 0.1) is 5.39 Å². The van der Waals surface area contributed by atoms with Crippen LogP contribution in [0.5, 0.6) is 0 Å². The Hall–Kier alpha value is -2.72. The average molecular weight is 317 g/mol. The number of nitrogens with zero attached hydrogens (tertiary/aromatic N) is 2. The van der Waals surface area contributed by atoms with E-state index in [1.54, 1.807) is 11.3 Å². The van der Waals surface area contributed by atoms with Crippen molar-refractivity contribution in [1.82, 2.24) is 9.97 Å². The molecule has 4 heteroatoms. The zero-order valence-electron chi connectivity index (χ0n) is 12.4. The molecule has 2 N–H and O–H groups in total. The standard InChI is InChI=1S/C19H15N3S/c20-17-16-12-15(11-13-7-3-1-4-8-13)23-19(16)22-18(21-17)14-9-5-2-6-10-14/h1-10,12H,11H2,(H2,20,21,22). The molecule has 0 aliphatic rings. The van der Waals surface area contributed by atoms with E-state index in [0.717, 1.165) is 22.2 Å². The SMILES string of the molecule is Nc1nc(-c2ccccc2)nc2sc(Cc3ccccc3)cc12. The predicted octanol–water partition coefficient (Wildman–Crippen LogP) is 4.53. The second-order valence-electron chi connectivity index (χ2n) is 5.39. The average Bonchev–Trinajstić information content (AvgIpc) is 2.99. The minimum Gasteiger partial charge on any atom is -0.383 e. The van der Waals surface area contributed by atoms with Gasteiger partial charge in [0.25, 0.3) is 0 Å². The zero-order valence-corrected chi connectivity index (χ0v) is 13.3. The molecule has 0 bridgehead atoms. The first kappa shape index (κ1) is 13.9. The highest BCUT2D eigenvalue weighted by molar-refractivity contribution is 7.18. The zero-order chi connectivity index (χ0) is 15.6. The van der Waals surface area contributed by atoms with Crippen molar-refractivity contribution in [3.8, 4) is 11.4 Å². The van der Waals surface area contributed by atoms with E-state index in [9.17, 15) is 0 Å². The summed E-state index contributed by atoms with van der Waals surface area (Å²) < 4.78 is 0. The van der Waals surface area contributed by atoms with Crippen LogP contribution in [0.2, 0.25) is 0 Å². The first-order valence-electron chi connectivity index (χ1n) is 7.45. The van der Waals surface area contributed by atoms with E-state index in [2.05, 4.69) is 35.3 Å². The van der Waals surface area contributed by atoms with Gasteiger partial charge in [-0.2, -0.15) is 0 Å². The molecule has 0 aliphatic carbocycles. The molecule has 0 amide bonds. The van der Waals surface area contributed by atoms with E-state index in [-0.39, 0.29) is 0 Å². The first-order chi connectivity index (χ1) is 11.3. The van der Waals surface area contributed by atoms with Gasteiger partial charge in [-0.25, -0.2) is 9.97 Å². The van der Waals surface area contributed by atoms with Crippen LogP contribution in [0.25, 0.3) is 21.6 Å². The van der Waals surface area contributed by atoms with Crippen LogP contribution in [0.4, 0.5) is 5.82 Å². The van der Waals surface area contributed by atoms with Crippen molar-refractivity contribution in [3.05, 3.63) is 77.2 Å². The van der Waals surface area contributed by atoms with Crippen LogP contribution in [0, 0.1) is 0 Å². The third kappa shape index (κ3) is 2.81. The normalized spacial score (nSPS) is 11.0. The maximum atomic E-state index is 6.16. The summed E-state index contributed by atoms with van der Waals surface area (Å²) >= 11 is 1.68. The largest absolute Gasteiger partial charge is 0.383 e. The Morgan fingerprint density at radius 1 is 0.870 bits per heavy atom. The van der Waals surface area contributed by atoms with Crippen molar-refractivity contribution in [3.63, 3.8) is 0 Å². The van der Waals surface area contributed by atoms with E-state index in [0.29, 0.717) is 11.6 Å². The molecule has 0 spiro atoms. The molecular weight excluding hydrogens is 302 g/mol. The van der Waals surface area contributed by atoms with Gasteiger partial charge in [0.15, 0.2) is 5.82 Å². The van der Waals surface area contributed by atoms with Gasteiger partial charge in [-0.15, -0.1) is 11.3 Å². The predicted molar refractivity (Wildman–Crippen MR) is 96.5 cm³/mol. The van der Waals surface area contributed by atoms with Crippen LogP contribution < -0.4 is 5.73 Å². The third-order valence-corrected chi connectivity index (χ3v) is 4.76. The van der Waals surface area contributed by atoms with Gasteiger partial charge < -0.3 is 5.73 Å². The van der Waals surface area contributed by atoms with Crippen LogP contribution in [-0.2, 0) is 6.42 Å². The Morgan fingerprint density at radius 3 is 2.30 bits per heavy atom. The highest BCUT2D eigenvalue weighted by Gasteiger charge is 2.11. The van der Waals surface area contributed by atoms with Gasteiger partial charge in [0, 0.05) is 16.9 Å². The van der Waals surface area contributed by atoms with Crippen LogP contribution in [0.15, 0.2) is 66.7 Å². The lowest BCUT2D eigenvalue weighted by atomic mass is 10.1. The number of anilines is 1. The Bertz CT molecular complexity index is 946. The van der Waals surface area contributed by atoms with Crippen molar-refractivity contribution in [1.29, 1.82) is 0 Å².